The molecule has 0 aromatic rings. The summed E-state index contributed by atoms with van der Waals surface area (Å²) in [6.45, 7) is 8.32. The summed E-state index contributed by atoms with van der Waals surface area (Å²) in [6, 6.07) is 0. The Morgan fingerprint density at radius 2 is 1.85 bits per heavy atom. The molecule has 1 unspecified atom stereocenters. The van der Waals surface area contributed by atoms with E-state index in [1.54, 1.807) is 6.92 Å². The number of nitrogens with one attached hydrogen (secondary N) is 1. The maximum atomic E-state index is 12.2. The highest BCUT2D eigenvalue weighted by Gasteiger charge is 2.38. The van der Waals surface area contributed by atoms with Crippen molar-refractivity contribution in [3.8, 4) is 0 Å². The van der Waals surface area contributed by atoms with Gasteiger partial charge >= 0.3 is 5.97 Å². The van der Waals surface area contributed by atoms with Gasteiger partial charge in [0.25, 0.3) is 0 Å². The number of carbonyl (C=O) groups excluding carboxylic acids is 2. The van der Waals surface area contributed by atoms with Crippen molar-refractivity contribution in [3.05, 3.63) is 0 Å². The summed E-state index contributed by atoms with van der Waals surface area (Å²) in [5.41, 5.74) is -0.435. The van der Waals surface area contributed by atoms with E-state index in [9.17, 15) is 9.59 Å². The number of esters is 1. The standard InChI is InChI=1S/C15H29NO3S/c1-6-19-14(18)12(15(2,3)4)13(17)16-10-8-7-9-11-20-5/h12H,6-11H2,1-5H3,(H,16,17). The summed E-state index contributed by atoms with van der Waals surface area (Å²) >= 11 is 1.84. The number of ether oxygens (including phenoxy) is 1. The molecule has 0 saturated heterocycles. The average Bonchev–Trinajstić information content (AvgIpc) is 2.32. The molecular weight excluding hydrogens is 274 g/mol. The highest BCUT2D eigenvalue weighted by molar-refractivity contribution is 7.98. The smallest absolute Gasteiger partial charge is 0.319 e. The first-order valence-electron chi connectivity index (χ1n) is 7.27. The Bertz CT molecular complexity index is 300. The predicted octanol–water partition coefficient (Wildman–Crippen LogP) is 2.86. The lowest BCUT2D eigenvalue weighted by atomic mass is 9.80. The number of amides is 1. The SMILES string of the molecule is CCOC(=O)C(C(=O)NCCCCCSC)C(C)(C)C. The van der Waals surface area contributed by atoms with Crippen LogP contribution in [-0.2, 0) is 14.3 Å². The van der Waals surface area contributed by atoms with Gasteiger partial charge in [0, 0.05) is 6.54 Å². The molecule has 0 rings (SSSR count). The van der Waals surface area contributed by atoms with E-state index in [0.717, 1.165) is 25.0 Å². The Balaban J connectivity index is 4.26. The van der Waals surface area contributed by atoms with Crippen LogP contribution in [0, 0.1) is 11.3 Å². The zero-order valence-electron chi connectivity index (χ0n) is 13.5. The molecule has 0 spiro atoms. The van der Waals surface area contributed by atoms with Crippen LogP contribution in [0.4, 0.5) is 0 Å². The normalized spacial score (nSPS) is 12.8. The van der Waals surface area contributed by atoms with Crippen molar-refractivity contribution in [2.75, 3.05) is 25.2 Å². The van der Waals surface area contributed by atoms with E-state index >= 15 is 0 Å². The van der Waals surface area contributed by atoms with E-state index in [2.05, 4.69) is 11.6 Å². The van der Waals surface area contributed by atoms with Crippen molar-refractivity contribution < 1.29 is 14.3 Å². The fourth-order valence-corrected chi connectivity index (χ4v) is 2.43. The van der Waals surface area contributed by atoms with E-state index in [1.165, 1.54) is 0 Å². The molecule has 0 aromatic heterocycles. The number of carbonyl (C=O) groups is 2. The van der Waals surface area contributed by atoms with Crippen LogP contribution in [0.15, 0.2) is 0 Å². The summed E-state index contributed by atoms with van der Waals surface area (Å²) in [5.74, 6) is -0.240. The molecule has 4 nitrogen and oxygen atoms in total. The van der Waals surface area contributed by atoms with Crippen molar-refractivity contribution in [2.24, 2.45) is 11.3 Å². The lowest BCUT2D eigenvalue weighted by Gasteiger charge is -2.27. The molecule has 0 fully saturated rings. The van der Waals surface area contributed by atoms with Crippen LogP contribution in [0.2, 0.25) is 0 Å². The number of hydrogen-bond donors (Lipinski definition) is 1. The first kappa shape index (κ1) is 19.3. The maximum absolute atomic E-state index is 12.2. The molecule has 0 aliphatic carbocycles. The van der Waals surface area contributed by atoms with Gasteiger partial charge in [-0.25, -0.2) is 0 Å². The molecule has 0 radical (unpaired) electrons. The molecular formula is C15H29NO3S. The monoisotopic (exact) mass is 303 g/mol. The highest BCUT2D eigenvalue weighted by Crippen LogP contribution is 2.27. The van der Waals surface area contributed by atoms with Crippen LogP contribution < -0.4 is 5.32 Å². The molecule has 0 aliphatic heterocycles. The molecule has 1 atom stereocenters. The minimum absolute atomic E-state index is 0.221. The van der Waals surface area contributed by atoms with Crippen molar-refractivity contribution in [3.63, 3.8) is 0 Å². The van der Waals surface area contributed by atoms with E-state index in [-0.39, 0.29) is 5.91 Å². The number of rotatable bonds is 9. The second-order valence-electron chi connectivity index (χ2n) is 5.90. The van der Waals surface area contributed by atoms with Gasteiger partial charge in [0.05, 0.1) is 6.61 Å². The fourth-order valence-electron chi connectivity index (χ4n) is 1.94. The number of hydrogen-bond acceptors (Lipinski definition) is 4. The minimum Gasteiger partial charge on any atom is -0.465 e. The zero-order chi connectivity index (χ0) is 15.6. The van der Waals surface area contributed by atoms with Gasteiger partial charge in [0.1, 0.15) is 5.92 Å². The van der Waals surface area contributed by atoms with Gasteiger partial charge in [-0.2, -0.15) is 11.8 Å². The highest BCUT2D eigenvalue weighted by atomic mass is 32.2. The van der Waals surface area contributed by atoms with Crippen LogP contribution in [0.1, 0.15) is 47.0 Å². The van der Waals surface area contributed by atoms with Gasteiger partial charge in [0.15, 0.2) is 0 Å². The first-order valence-corrected chi connectivity index (χ1v) is 8.67. The van der Waals surface area contributed by atoms with Gasteiger partial charge in [0.2, 0.25) is 5.91 Å². The summed E-state index contributed by atoms with van der Waals surface area (Å²) in [6.07, 6.45) is 5.30. The summed E-state index contributed by atoms with van der Waals surface area (Å²) in [4.78, 5) is 24.1. The quantitative estimate of drug-likeness (QED) is 0.404. The predicted molar refractivity (Wildman–Crippen MR) is 84.8 cm³/mol. The van der Waals surface area contributed by atoms with Crippen LogP contribution in [0.5, 0.6) is 0 Å². The molecule has 118 valence electrons. The van der Waals surface area contributed by atoms with Crippen molar-refractivity contribution in [2.45, 2.75) is 47.0 Å². The van der Waals surface area contributed by atoms with Crippen molar-refractivity contribution in [1.29, 1.82) is 0 Å². The van der Waals surface area contributed by atoms with E-state index in [1.807, 2.05) is 32.5 Å². The molecule has 1 N–H and O–H groups in total. The first-order chi connectivity index (χ1) is 9.34. The summed E-state index contributed by atoms with van der Waals surface area (Å²) in [7, 11) is 0. The maximum Gasteiger partial charge on any atom is 0.319 e. The third kappa shape index (κ3) is 7.78. The number of unbranched alkanes of at least 4 members (excludes halogenated alkanes) is 2. The lowest BCUT2D eigenvalue weighted by Crippen LogP contribution is -2.43. The molecule has 0 bridgehead atoms. The molecule has 1 amide bonds. The summed E-state index contributed by atoms with van der Waals surface area (Å²) in [5, 5.41) is 2.86. The van der Waals surface area contributed by atoms with Gasteiger partial charge < -0.3 is 10.1 Å². The largest absolute Gasteiger partial charge is 0.465 e. The second-order valence-corrected chi connectivity index (χ2v) is 6.88. The Labute approximate surface area is 127 Å². The molecule has 5 heteroatoms. The average molecular weight is 303 g/mol. The Kier molecular flexibility index (Phi) is 9.72. The Hall–Kier alpha value is -0.710. The fraction of sp³-hybridized carbons (Fsp3) is 0.867. The van der Waals surface area contributed by atoms with Crippen LogP contribution in [0.25, 0.3) is 0 Å². The molecule has 0 saturated carbocycles. The van der Waals surface area contributed by atoms with Crippen molar-refractivity contribution in [1.82, 2.24) is 5.32 Å². The Morgan fingerprint density at radius 3 is 2.35 bits per heavy atom. The number of thioether (sulfide) groups is 1. The molecule has 20 heavy (non-hydrogen) atoms. The minimum atomic E-state index is -0.742. The lowest BCUT2D eigenvalue weighted by molar-refractivity contribution is -0.156. The van der Waals surface area contributed by atoms with Gasteiger partial charge in [-0.15, -0.1) is 0 Å². The van der Waals surface area contributed by atoms with Crippen molar-refractivity contribution >= 4 is 23.6 Å². The third-order valence-electron chi connectivity index (χ3n) is 2.97. The van der Waals surface area contributed by atoms with Gasteiger partial charge in [-0.1, -0.05) is 27.2 Å². The molecule has 0 aromatic carbocycles. The zero-order valence-corrected chi connectivity index (χ0v) is 14.3. The topological polar surface area (TPSA) is 55.4 Å². The van der Waals surface area contributed by atoms with E-state index in [0.29, 0.717) is 13.2 Å². The third-order valence-corrected chi connectivity index (χ3v) is 3.67. The molecule has 0 aliphatic rings. The van der Waals surface area contributed by atoms with Gasteiger partial charge in [-0.05, 0) is 37.2 Å². The van der Waals surface area contributed by atoms with E-state index < -0.39 is 17.3 Å². The molecule has 0 heterocycles. The Morgan fingerprint density at radius 1 is 1.20 bits per heavy atom. The van der Waals surface area contributed by atoms with Crippen LogP contribution in [-0.4, -0.2) is 37.0 Å². The van der Waals surface area contributed by atoms with Gasteiger partial charge in [-0.3, -0.25) is 9.59 Å². The second kappa shape index (κ2) is 10.1. The van der Waals surface area contributed by atoms with E-state index in [4.69, 9.17) is 4.74 Å². The summed E-state index contributed by atoms with van der Waals surface area (Å²) < 4.78 is 5.01. The van der Waals surface area contributed by atoms with Crippen LogP contribution in [0.3, 0.4) is 0 Å². The van der Waals surface area contributed by atoms with Crippen LogP contribution >= 0.6 is 11.8 Å².